The standard InChI is InChI=1S/C17H15F3N2O3/c1-25-13-5-3-2-4-10(13)8-9-21-16(23)17(24)22-12-7-6-11(18)14(19)15(12)20/h2-7H,8-9H2,1H3,(H,21,23)(H,22,24). The number of rotatable bonds is 5. The van der Waals surface area contributed by atoms with Crippen LogP contribution in [0.25, 0.3) is 0 Å². The lowest BCUT2D eigenvalue weighted by molar-refractivity contribution is -0.136. The third-order valence-electron chi connectivity index (χ3n) is 3.36. The molecule has 0 aliphatic rings. The first-order chi connectivity index (χ1) is 11.9. The van der Waals surface area contributed by atoms with Crippen molar-refractivity contribution in [1.29, 1.82) is 0 Å². The summed E-state index contributed by atoms with van der Waals surface area (Å²) in [6, 6.07) is 8.64. The van der Waals surface area contributed by atoms with Crippen molar-refractivity contribution in [3.05, 3.63) is 59.4 Å². The maximum absolute atomic E-state index is 13.5. The van der Waals surface area contributed by atoms with Gasteiger partial charge in [0, 0.05) is 6.54 Å². The zero-order valence-corrected chi connectivity index (χ0v) is 13.2. The summed E-state index contributed by atoms with van der Waals surface area (Å²) in [5.74, 6) is -6.27. The number of nitrogens with one attached hydrogen (secondary N) is 2. The van der Waals surface area contributed by atoms with Gasteiger partial charge >= 0.3 is 11.8 Å². The van der Waals surface area contributed by atoms with E-state index in [1.165, 1.54) is 7.11 Å². The van der Waals surface area contributed by atoms with Crippen molar-refractivity contribution in [3.8, 4) is 5.75 Å². The zero-order chi connectivity index (χ0) is 18.4. The summed E-state index contributed by atoms with van der Waals surface area (Å²) >= 11 is 0. The van der Waals surface area contributed by atoms with Crippen LogP contribution in [0.4, 0.5) is 18.9 Å². The van der Waals surface area contributed by atoms with Crippen LogP contribution < -0.4 is 15.4 Å². The van der Waals surface area contributed by atoms with Crippen LogP contribution in [0.1, 0.15) is 5.56 Å². The molecule has 0 unspecified atom stereocenters. The number of halogens is 3. The number of carbonyl (C=O) groups is 2. The lowest BCUT2D eigenvalue weighted by Crippen LogP contribution is -2.36. The van der Waals surface area contributed by atoms with E-state index in [0.29, 0.717) is 18.2 Å². The van der Waals surface area contributed by atoms with Gasteiger partial charge in [0.25, 0.3) is 0 Å². The van der Waals surface area contributed by atoms with E-state index in [4.69, 9.17) is 4.74 Å². The molecule has 0 saturated carbocycles. The Hall–Kier alpha value is -3.03. The third-order valence-corrected chi connectivity index (χ3v) is 3.36. The first kappa shape index (κ1) is 18.3. The highest BCUT2D eigenvalue weighted by Crippen LogP contribution is 2.19. The molecule has 0 saturated heterocycles. The van der Waals surface area contributed by atoms with Gasteiger partial charge in [-0.25, -0.2) is 13.2 Å². The van der Waals surface area contributed by atoms with Crippen LogP contribution in [0, 0.1) is 17.5 Å². The number of para-hydroxylation sites is 1. The van der Waals surface area contributed by atoms with E-state index in [1.807, 2.05) is 11.4 Å². The van der Waals surface area contributed by atoms with Crippen molar-refractivity contribution in [3.63, 3.8) is 0 Å². The smallest absolute Gasteiger partial charge is 0.313 e. The Labute approximate surface area is 141 Å². The minimum absolute atomic E-state index is 0.132. The fourth-order valence-electron chi connectivity index (χ4n) is 2.10. The molecule has 2 amide bonds. The molecule has 2 aromatic rings. The van der Waals surface area contributed by atoms with Gasteiger partial charge in [0.1, 0.15) is 5.75 Å². The fourth-order valence-corrected chi connectivity index (χ4v) is 2.10. The molecule has 0 aromatic heterocycles. The van der Waals surface area contributed by atoms with Crippen molar-refractivity contribution in [1.82, 2.24) is 5.32 Å². The van der Waals surface area contributed by atoms with E-state index in [2.05, 4.69) is 5.32 Å². The monoisotopic (exact) mass is 352 g/mol. The highest BCUT2D eigenvalue weighted by Gasteiger charge is 2.19. The maximum Gasteiger partial charge on any atom is 0.313 e. The molecule has 2 N–H and O–H groups in total. The van der Waals surface area contributed by atoms with E-state index in [0.717, 1.165) is 11.6 Å². The molecule has 0 heterocycles. The molecule has 8 heteroatoms. The van der Waals surface area contributed by atoms with Crippen LogP contribution in [0.15, 0.2) is 36.4 Å². The summed E-state index contributed by atoms with van der Waals surface area (Å²) in [6.45, 7) is 0.132. The molecule has 0 atom stereocenters. The molecule has 0 radical (unpaired) electrons. The molecular weight excluding hydrogens is 337 g/mol. The summed E-state index contributed by atoms with van der Waals surface area (Å²) in [5.41, 5.74) is 0.209. The highest BCUT2D eigenvalue weighted by molar-refractivity contribution is 6.39. The second-order valence-corrected chi connectivity index (χ2v) is 4.99. The summed E-state index contributed by atoms with van der Waals surface area (Å²) < 4.78 is 44.5. The van der Waals surface area contributed by atoms with Crippen LogP contribution in [-0.4, -0.2) is 25.5 Å². The van der Waals surface area contributed by atoms with Crippen LogP contribution in [-0.2, 0) is 16.0 Å². The van der Waals surface area contributed by atoms with Crippen LogP contribution >= 0.6 is 0 Å². The quantitative estimate of drug-likeness (QED) is 0.641. The second-order valence-electron chi connectivity index (χ2n) is 4.99. The van der Waals surface area contributed by atoms with Gasteiger partial charge in [-0.2, -0.15) is 0 Å². The molecule has 0 aliphatic carbocycles. The normalized spacial score (nSPS) is 10.2. The minimum atomic E-state index is -1.73. The van der Waals surface area contributed by atoms with Crippen molar-refractivity contribution in [2.45, 2.75) is 6.42 Å². The van der Waals surface area contributed by atoms with Crippen molar-refractivity contribution in [2.24, 2.45) is 0 Å². The fraction of sp³-hybridized carbons (Fsp3) is 0.176. The molecule has 0 aliphatic heterocycles. The van der Waals surface area contributed by atoms with Gasteiger partial charge in [0.2, 0.25) is 0 Å². The van der Waals surface area contributed by atoms with Gasteiger partial charge in [-0.1, -0.05) is 18.2 Å². The van der Waals surface area contributed by atoms with E-state index < -0.39 is 35.0 Å². The molecule has 2 rings (SSSR count). The number of ether oxygens (including phenoxy) is 1. The number of benzene rings is 2. The summed E-state index contributed by atoms with van der Waals surface area (Å²) in [4.78, 5) is 23.4. The number of amides is 2. The molecule has 2 aromatic carbocycles. The Morgan fingerprint density at radius 3 is 2.44 bits per heavy atom. The average Bonchev–Trinajstić information content (AvgIpc) is 2.62. The van der Waals surface area contributed by atoms with Gasteiger partial charge in [-0.05, 0) is 30.2 Å². The zero-order valence-electron chi connectivity index (χ0n) is 13.2. The number of hydrogen-bond donors (Lipinski definition) is 2. The first-order valence-electron chi connectivity index (χ1n) is 7.28. The van der Waals surface area contributed by atoms with E-state index >= 15 is 0 Å². The largest absolute Gasteiger partial charge is 0.496 e. The first-order valence-corrected chi connectivity index (χ1v) is 7.28. The van der Waals surface area contributed by atoms with Crippen LogP contribution in [0.3, 0.4) is 0 Å². The molecule has 0 spiro atoms. The molecule has 0 fully saturated rings. The van der Waals surface area contributed by atoms with E-state index in [9.17, 15) is 22.8 Å². The molecule has 25 heavy (non-hydrogen) atoms. The topological polar surface area (TPSA) is 67.4 Å². The molecule has 5 nitrogen and oxygen atoms in total. The number of methoxy groups -OCH3 is 1. The number of carbonyl (C=O) groups excluding carboxylic acids is 2. The second kappa shape index (κ2) is 8.18. The van der Waals surface area contributed by atoms with Gasteiger partial charge < -0.3 is 15.4 Å². The van der Waals surface area contributed by atoms with Gasteiger partial charge in [0.15, 0.2) is 17.5 Å². The number of anilines is 1. The Kier molecular flexibility index (Phi) is 5.99. The Morgan fingerprint density at radius 1 is 1.00 bits per heavy atom. The average molecular weight is 352 g/mol. The third kappa shape index (κ3) is 4.50. The van der Waals surface area contributed by atoms with Gasteiger partial charge in [0.05, 0.1) is 12.8 Å². The predicted molar refractivity (Wildman–Crippen MR) is 84.7 cm³/mol. The lowest BCUT2D eigenvalue weighted by atomic mass is 10.1. The Morgan fingerprint density at radius 2 is 1.72 bits per heavy atom. The van der Waals surface area contributed by atoms with Gasteiger partial charge in [-0.15, -0.1) is 0 Å². The van der Waals surface area contributed by atoms with Crippen molar-refractivity contribution >= 4 is 17.5 Å². The number of hydrogen-bond acceptors (Lipinski definition) is 3. The van der Waals surface area contributed by atoms with Crippen LogP contribution in [0.5, 0.6) is 5.75 Å². The Balaban J connectivity index is 1.91. The molecular formula is C17H15F3N2O3. The molecule has 132 valence electrons. The van der Waals surface area contributed by atoms with E-state index in [1.54, 1.807) is 18.2 Å². The van der Waals surface area contributed by atoms with Crippen molar-refractivity contribution < 1.29 is 27.5 Å². The SMILES string of the molecule is COc1ccccc1CCNC(=O)C(=O)Nc1ccc(F)c(F)c1F. The minimum Gasteiger partial charge on any atom is -0.496 e. The van der Waals surface area contributed by atoms with Gasteiger partial charge in [-0.3, -0.25) is 9.59 Å². The highest BCUT2D eigenvalue weighted by atomic mass is 19.2. The summed E-state index contributed by atoms with van der Waals surface area (Å²) in [5, 5.41) is 4.24. The van der Waals surface area contributed by atoms with Crippen molar-refractivity contribution in [2.75, 3.05) is 19.0 Å². The molecule has 0 bridgehead atoms. The van der Waals surface area contributed by atoms with Crippen LogP contribution in [0.2, 0.25) is 0 Å². The lowest BCUT2D eigenvalue weighted by Gasteiger charge is -2.10. The van der Waals surface area contributed by atoms with E-state index in [-0.39, 0.29) is 6.54 Å². The summed E-state index contributed by atoms with van der Waals surface area (Å²) in [6.07, 6.45) is 0.405. The Bertz CT molecular complexity index is 797. The predicted octanol–water partition coefficient (Wildman–Crippen LogP) is 2.41. The summed E-state index contributed by atoms with van der Waals surface area (Å²) in [7, 11) is 1.52. The maximum atomic E-state index is 13.5.